The van der Waals surface area contributed by atoms with Crippen LogP contribution in [0.4, 0.5) is 15.3 Å². The first-order chi connectivity index (χ1) is 17.4. The number of carbonyl (C=O) groups excluding carboxylic acids is 2. The van der Waals surface area contributed by atoms with E-state index in [1.165, 1.54) is 26.6 Å². The lowest BCUT2D eigenvalue weighted by atomic mass is 10.0. The molecular weight excluding hydrogens is 468 g/mol. The number of carbonyl (C=O) groups is 3. The van der Waals surface area contributed by atoms with Gasteiger partial charge in [-0.3, -0.25) is 9.69 Å². The molecule has 4 rings (SSSR count). The Kier molecular flexibility index (Phi) is 7.09. The van der Waals surface area contributed by atoms with Crippen LogP contribution in [0, 0.1) is 0 Å². The predicted octanol–water partition coefficient (Wildman–Crippen LogP) is 3.64. The standard InChI is InChI=1S/C25H26N4O7/c1-34-19-6-4-5-16(11-19)21(13-23(30)36-3)28-10-9-27(24(28)31)18-7-8-20(22(12-18)35-2)17-14-26-29(15-17)25(32)33/h4-8,11-12,14-15,21H,9-10,13H2,1-3H3,(H,32,33). The molecule has 2 heterocycles. The molecule has 1 atom stereocenters. The fraction of sp³-hybridized carbons (Fsp3) is 0.280. The van der Waals surface area contributed by atoms with E-state index in [0.717, 1.165) is 10.2 Å². The van der Waals surface area contributed by atoms with E-state index in [4.69, 9.17) is 19.3 Å². The Morgan fingerprint density at radius 1 is 1.08 bits per heavy atom. The van der Waals surface area contributed by atoms with E-state index in [0.29, 0.717) is 41.4 Å². The average molecular weight is 495 g/mol. The largest absolute Gasteiger partial charge is 0.497 e. The second-order valence-corrected chi connectivity index (χ2v) is 8.04. The van der Waals surface area contributed by atoms with Crippen LogP contribution in [0.25, 0.3) is 11.1 Å². The second kappa shape index (κ2) is 10.4. The van der Waals surface area contributed by atoms with Crippen molar-refractivity contribution in [3.8, 4) is 22.6 Å². The number of hydrogen-bond donors (Lipinski definition) is 1. The molecule has 1 aliphatic rings. The third kappa shape index (κ3) is 4.81. The molecule has 188 valence electrons. The summed E-state index contributed by atoms with van der Waals surface area (Å²) < 4.78 is 16.5. The maximum absolute atomic E-state index is 13.5. The fourth-order valence-electron chi connectivity index (χ4n) is 4.23. The Morgan fingerprint density at radius 2 is 1.89 bits per heavy atom. The van der Waals surface area contributed by atoms with Gasteiger partial charge in [-0.2, -0.15) is 9.78 Å². The van der Waals surface area contributed by atoms with Crippen LogP contribution in [0.2, 0.25) is 0 Å². The van der Waals surface area contributed by atoms with Crippen LogP contribution in [0.1, 0.15) is 18.0 Å². The zero-order valence-electron chi connectivity index (χ0n) is 20.1. The van der Waals surface area contributed by atoms with Gasteiger partial charge in [0, 0.05) is 42.2 Å². The van der Waals surface area contributed by atoms with E-state index in [2.05, 4.69) is 5.10 Å². The molecule has 3 aromatic rings. The lowest BCUT2D eigenvalue weighted by Gasteiger charge is -2.28. The van der Waals surface area contributed by atoms with Gasteiger partial charge in [0.15, 0.2) is 0 Å². The van der Waals surface area contributed by atoms with Gasteiger partial charge in [0.25, 0.3) is 0 Å². The van der Waals surface area contributed by atoms with E-state index >= 15 is 0 Å². The molecule has 1 saturated heterocycles. The summed E-state index contributed by atoms with van der Waals surface area (Å²) in [6.45, 7) is 0.799. The number of anilines is 1. The summed E-state index contributed by atoms with van der Waals surface area (Å²) in [6, 6.07) is 11.7. The lowest BCUT2D eigenvalue weighted by molar-refractivity contribution is -0.141. The quantitative estimate of drug-likeness (QED) is 0.471. The highest BCUT2D eigenvalue weighted by atomic mass is 16.5. The Bertz CT molecular complexity index is 1290. The average Bonchev–Trinajstić information content (AvgIpc) is 3.54. The van der Waals surface area contributed by atoms with E-state index in [9.17, 15) is 14.4 Å². The molecule has 36 heavy (non-hydrogen) atoms. The lowest BCUT2D eigenvalue weighted by Crippen LogP contribution is -2.36. The van der Waals surface area contributed by atoms with Gasteiger partial charge in [-0.15, -0.1) is 0 Å². The third-order valence-corrected chi connectivity index (χ3v) is 6.07. The van der Waals surface area contributed by atoms with Gasteiger partial charge in [-0.25, -0.2) is 9.59 Å². The molecule has 0 aliphatic carbocycles. The first kappa shape index (κ1) is 24.6. The van der Waals surface area contributed by atoms with Crippen molar-refractivity contribution >= 4 is 23.8 Å². The number of amides is 2. The van der Waals surface area contributed by atoms with E-state index in [1.54, 1.807) is 47.2 Å². The fourth-order valence-corrected chi connectivity index (χ4v) is 4.23. The summed E-state index contributed by atoms with van der Waals surface area (Å²) in [6.07, 6.45) is 1.62. The summed E-state index contributed by atoms with van der Waals surface area (Å²) in [5, 5.41) is 12.9. The molecule has 1 unspecified atom stereocenters. The van der Waals surface area contributed by atoms with Gasteiger partial charge in [-0.1, -0.05) is 12.1 Å². The molecule has 2 aromatic carbocycles. The molecule has 11 nitrogen and oxygen atoms in total. The number of esters is 1. The maximum Gasteiger partial charge on any atom is 0.432 e. The Hall–Kier alpha value is -4.54. The summed E-state index contributed by atoms with van der Waals surface area (Å²) in [7, 11) is 4.37. The van der Waals surface area contributed by atoms with E-state index in [-0.39, 0.29) is 12.5 Å². The van der Waals surface area contributed by atoms with Crippen LogP contribution < -0.4 is 14.4 Å². The van der Waals surface area contributed by atoms with Gasteiger partial charge < -0.3 is 24.2 Å². The Balaban J connectivity index is 1.62. The smallest absolute Gasteiger partial charge is 0.432 e. The molecule has 0 spiro atoms. The molecule has 11 heteroatoms. The third-order valence-electron chi connectivity index (χ3n) is 6.07. The molecule has 0 bridgehead atoms. The molecule has 1 aromatic heterocycles. The van der Waals surface area contributed by atoms with Crippen molar-refractivity contribution in [1.29, 1.82) is 0 Å². The van der Waals surface area contributed by atoms with Crippen molar-refractivity contribution in [3.05, 3.63) is 60.4 Å². The number of nitrogens with zero attached hydrogens (tertiary/aromatic N) is 4. The molecular formula is C25H26N4O7. The Labute approximate surface area is 207 Å². The number of hydrogen-bond acceptors (Lipinski definition) is 7. The van der Waals surface area contributed by atoms with Crippen molar-refractivity contribution in [2.75, 3.05) is 39.3 Å². The van der Waals surface area contributed by atoms with E-state index < -0.39 is 18.1 Å². The van der Waals surface area contributed by atoms with Crippen LogP contribution in [-0.4, -0.2) is 72.3 Å². The van der Waals surface area contributed by atoms with Crippen LogP contribution in [0.5, 0.6) is 11.5 Å². The highest BCUT2D eigenvalue weighted by Gasteiger charge is 2.37. The topological polar surface area (TPSA) is 123 Å². The first-order valence-electron chi connectivity index (χ1n) is 11.1. The minimum absolute atomic E-state index is 0.000919. The van der Waals surface area contributed by atoms with Crippen LogP contribution in [-0.2, 0) is 9.53 Å². The minimum Gasteiger partial charge on any atom is -0.497 e. The normalized spacial score (nSPS) is 14.0. The van der Waals surface area contributed by atoms with Crippen molar-refractivity contribution in [2.45, 2.75) is 12.5 Å². The molecule has 2 amide bonds. The zero-order valence-corrected chi connectivity index (χ0v) is 20.1. The number of benzene rings is 2. The summed E-state index contributed by atoms with van der Waals surface area (Å²) in [5.41, 5.74) is 2.57. The number of aromatic nitrogens is 2. The summed E-state index contributed by atoms with van der Waals surface area (Å²) >= 11 is 0. The molecule has 1 N–H and O–H groups in total. The number of rotatable bonds is 8. The predicted molar refractivity (Wildman–Crippen MR) is 129 cm³/mol. The molecule has 1 fully saturated rings. The summed E-state index contributed by atoms with van der Waals surface area (Å²) in [4.78, 5) is 40.1. The zero-order chi connectivity index (χ0) is 25.8. The van der Waals surface area contributed by atoms with Crippen LogP contribution in [0.15, 0.2) is 54.9 Å². The van der Waals surface area contributed by atoms with E-state index in [1.807, 2.05) is 12.1 Å². The van der Waals surface area contributed by atoms with Gasteiger partial charge in [0.2, 0.25) is 0 Å². The molecule has 0 radical (unpaired) electrons. The highest BCUT2D eigenvalue weighted by Crippen LogP contribution is 2.37. The van der Waals surface area contributed by atoms with Gasteiger partial charge in [0.1, 0.15) is 11.5 Å². The monoisotopic (exact) mass is 494 g/mol. The van der Waals surface area contributed by atoms with Crippen molar-refractivity contribution in [2.24, 2.45) is 0 Å². The number of methoxy groups -OCH3 is 3. The van der Waals surface area contributed by atoms with Gasteiger partial charge in [0.05, 0.1) is 40.0 Å². The van der Waals surface area contributed by atoms with Gasteiger partial charge in [-0.05, 0) is 29.8 Å². The summed E-state index contributed by atoms with van der Waals surface area (Å²) in [5.74, 6) is 0.655. The second-order valence-electron chi connectivity index (χ2n) is 8.04. The highest BCUT2D eigenvalue weighted by molar-refractivity contribution is 5.95. The van der Waals surface area contributed by atoms with Crippen molar-refractivity contribution in [1.82, 2.24) is 14.7 Å². The van der Waals surface area contributed by atoms with Gasteiger partial charge >= 0.3 is 18.1 Å². The SMILES string of the molecule is COC(=O)CC(c1cccc(OC)c1)N1CCN(c2ccc(-c3cnn(C(=O)O)c3)c(OC)c2)C1=O. The van der Waals surface area contributed by atoms with Crippen molar-refractivity contribution in [3.63, 3.8) is 0 Å². The number of ether oxygens (including phenoxy) is 3. The molecule has 0 saturated carbocycles. The molecule has 1 aliphatic heterocycles. The number of carboxylic acid groups (broad SMARTS) is 1. The van der Waals surface area contributed by atoms with Crippen molar-refractivity contribution < 1.29 is 33.7 Å². The number of urea groups is 1. The minimum atomic E-state index is -1.20. The first-order valence-corrected chi connectivity index (χ1v) is 11.1. The van der Waals surface area contributed by atoms with Crippen LogP contribution in [0.3, 0.4) is 0 Å². The maximum atomic E-state index is 13.5. The Morgan fingerprint density at radius 3 is 2.56 bits per heavy atom. The van der Waals surface area contributed by atoms with Crippen LogP contribution >= 0.6 is 0 Å².